The minimum absolute atomic E-state index is 0.301. The second-order valence-corrected chi connectivity index (χ2v) is 5.92. The molecule has 2 atom stereocenters. The molecule has 0 radical (unpaired) electrons. The maximum atomic E-state index is 13.5. The fourth-order valence-electron chi connectivity index (χ4n) is 1.52. The summed E-state index contributed by atoms with van der Waals surface area (Å²) in [7, 11) is -0.974. The van der Waals surface area contributed by atoms with Gasteiger partial charge in [-0.25, -0.2) is 4.39 Å². The van der Waals surface area contributed by atoms with Crippen LogP contribution in [-0.4, -0.2) is 33.1 Å². The van der Waals surface area contributed by atoms with E-state index in [2.05, 4.69) is 5.32 Å². The second kappa shape index (κ2) is 7.09. The normalized spacial score (nSPS) is 13.6. The first-order chi connectivity index (χ1) is 9.31. The van der Waals surface area contributed by atoms with E-state index in [0.717, 1.165) is 18.2 Å². The van der Waals surface area contributed by atoms with Crippen molar-refractivity contribution < 1.29 is 18.3 Å². The minimum Gasteiger partial charge on any atom is -0.349 e. The summed E-state index contributed by atoms with van der Waals surface area (Å²) in [6.07, 6.45) is 2.03. The van der Waals surface area contributed by atoms with Crippen LogP contribution >= 0.6 is 0 Å². The van der Waals surface area contributed by atoms with E-state index in [1.54, 1.807) is 13.2 Å². The van der Waals surface area contributed by atoms with Gasteiger partial charge in [-0.2, -0.15) is 0 Å². The van der Waals surface area contributed by atoms with Gasteiger partial charge in [-0.1, -0.05) is 0 Å². The predicted octanol–water partition coefficient (Wildman–Crippen LogP) is 1.62. The number of halogens is 1. The maximum absolute atomic E-state index is 13.5. The molecule has 0 saturated heterocycles. The molecule has 0 aliphatic rings. The van der Waals surface area contributed by atoms with E-state index in [9.17, 15) is 23.5 Å². The number of rotatable bonds is 6. The standard InChI is InChI=1S/C12H15FN2O4S/c1-8(5-6-20(2)19)14-12(16)10-7-9(15(17)18)3-4-11(10)13/h3-4,7-8H,5-6H2,1-2H3,(H,14,16). The Hall–Kier alpha value is -1.83. The third kappa shape index (κ3) is 4.69. The Morgan fingerprint density at radius 1 is 1.55 bits per heavy atom. The molecule has 0 fully saturated rings. The van der Waals surface area contributed by atoms with Crippen LogP contribution in [0.1, 0.15) is 23.7 Å². The lowest BCUT2D eigenvalue weighted by atomic mass is 10.1. The van der Waals surface area contributed by atoms with Crippen molar-refractivity contribution in [2.24, 2.45) is 0 Å². The zero-order chi connectivity index (χ0) is 15.3. The van der Waals surface area contributed by atoms with Crippen molar-refractivity contribution in [1.82, 2.24) is 5.32 Å². The van der Waals surface area contributed by atoms with E-state index >= 15 is 0 Å². The summed E-state index contributed by atoms with van der Waals surface area (Å²) in [4.78, 5) is 21.8. The third-order valence-electron chi connectivity index (χ3n) is 2.62. The number of hydrogen-bond donors (Lipinski definition) is 1. The van der Waals surface area contributed by atoms with Crippen molar-refractivity contribution in [3.05, 3.63) is 39.7 Å². The highest BCUT2D eigenvalue weighted by Gasteiger charge is 2.18. The Kier molecular flexibility index (Phi) is 5.75. The van der Waals surface area contributed by atoms with Crippen molar-refractivity contribution in [2.45, 2.75) is 19.4 Å². The average Bonchev–Trinajstić information content (AvgIpc) is 2.36. The number of benzene rings is 1. The molecular formula is C12H15FN2O4S. The van der Waals surface area contributed by atoms with Crippen molar-refractivity contribution in [1.29, 1.82) is 0 Å². The van der Waals surface area contributed by atoms with Gasteiger partial charge in [0.25, 0.3) is 11.6 Å². The molecule has 20 heavy (non-hydrogen) atoms. The SMILES string of the molecule is CC(CCS(C)=O)NC(=O)c1cc([N+](=O)[O-])ccc1F. The van der Waals surface area contributed by atoms with Crippen LogP contribution in [0.5, 0.6) is 0 Å². The van der Waals surface area contributed by atoms with Crippen LogP contribution in [-0.2, 0) is 10.8 Å². The monoisotopic (exact) mass is 302 g/mol. The summed E-state index contributed by atoms with van der Waals surface area (Å²) in [5.74, 6) is -1.13. The van der Waals surface area contributed by atoms with Gasteiger partial charge >= 0.3 is 0 Å². The molecule has 110 valence electrons. The van der Waals surface area contributed by atoms with E-state index in [-0.39, 0.29) is 17.3 Å². The van der Waals surface area contributed by atoms with E-state index in [0.29, 0.717) is 12.2 Å². The van der Waals surface area contributed by atoms with Crippen molar-refractivity contribution in [3.8, 4) is 0 Å². The molecule has 0 heterocycles. The summed E-state index contributed by atoms with van der Waals surface area (Å²) in [6.45, 7) is 1.69. The summed E-state index contributed by atoms with van der Waals surface area (Å²) >= 11 is 0. The number of nitro benzene ring substituents is 1. The maximum Gasteiger partial charge on any atom is 0.270 e. The quantitative estimate of drug-likeness (QED) is 0.638. The van der Waals surface area contributed by atoms with E-state index in [4.69, 9.17) is 0 Å². The number of nitrogens with zero attached hydrogens (tertiary/aromatic N) is 1. The predicted molar refractivity (Wildman–Crippen MR) is 73.5 cm³/mol. The number of amides is 1. The van der Waals surface area contributed by atoms with Crippen molar-refractivity contribution >= 4 is 22.4 Å². The van der Waals surface area contributed by atoms with Crippen molar-refractivity contribution in [3.63, 3.8) is 0 Å². The molecule has 0 aliphatic carbocycles. The highest BCUT2D eigenvalue weighted by Crippen LogP contribution is 2.17. The lowest BCUT2D eigenvalue weighted by Gasteiger charge is -2.13. The van der Waals surface area contributed by atoms with Crippen LogP contribution in [0.4, 0.5) is 10.1 Å². The average molecular weight is 302 g/mol. The zero-order valence-electron chi connectivity index (χ0n) is 11.1. The van der Waals surface area contributed by atoms with Gasteiger partial charge in [0, 0.05) is 41.0 Å². The van der Waals surface area contributed by atoms with Crippen LogP contribution in [0.15, 0.2) is 18.2 Å². The Morgan fingerprint density at radius 3 is 2.75 bits per heavy atom. The largest absolute Gasteiger partial charge is 0.349 e. The molecule has 2 unspecified atom stereocenters. The Labute approximate surface area is 118 Å². The molecule has 1 amide bonds. The third-order valence-corrected chi connectivity index (χ3v) is 3.43. The molecule has 1 aromatic carbocycles. The zero-order valence-corrected chi connectivity index (χ0v) is 11.9. The first-order valence-corrected chi connectivity index (χ1v) is 7.58. The summed E-state index contributed by atoms with van der Waals surface area (Å²) in [6, 6.07) is 2.48. The van der Waals surface area contributed by atoms with Gasteiger partial charge in [-0.15, -0.1) is 0 Å². The number of carbonyl (C=O) groups is 1. The van der Waals surface area contributed by atoms with Gasteiger partial charge in [0.2, 0.25) is 0 Å². The van der Waals surface area contributed by atoms with Crippen LogP contribution in [0.25, 0.3) is 0 Å². The molecular weight excluding hydrogens is 287 g/mol. The number of nitrogens with one attached hydrogen (secondary N) is 1. The first kappa shape index (κ1) is 16.2. The smallest absolute Gasteiger partial charge is 0.270 e. The summed E-state index contributed by atoms with van der Waals surface area (Å²) in [5.41, 5.74) is -0.720. The lowest BCUT2D eigenvalue weighted by Crippen LogP contribution is -2.34. The molecule has 1 aromatic rings. The highest BCUT2D eigenvalue weighted by molar-refractivity contribution is 7.84. The molecule has 0 bridgehead atoms. The minimum atomic E-state index is -0.974. The Morgan fingerprint density at radius 2 is 2.20 bits per heavy atom. The first-order valence-electron chi connectivity index (χ1n) is 5.86. The lowest BCUT2D eigenvalue weighted by molar-refractivity contribution is -0.384. The van der Waals surface area contributed by atoms with E-state index in [1.807, 2.05) is 0 Å². The molecule has 8 heteroatoms. The van der Waals surface area contributed by atoms with Crippen LogP contribution in [0.2, 0.25) is 0 Å². The van der Waals surface area contributed by atoms with Crippen molar-refractivity contribution in [2.75, 3.05) is 12.0 Å². The molecule has 0 spiro atoms. The van der Waals surface area contributed by atoms with E-state index < -0.39 is 27.4 Å². The Bertz CT molecular complexity index is 550. The number of carbonyl (C=O) groups excluding carboxylic acids is 1. The fourth-order valence-corrected chi connectivity index (χ4v) is 2.20. The molecule has 6 nitrogen and oxygen atoms in total. The number of non-ortho nitro benzene ring substituents is 1. The number of nitro groups is 1. The van der Waals surface area contributed by atoms with Gasteiger partial charge in [-0.3, -0.25) is 19.1 Å². The molecule has 0 saturated carbocycles. The summed E-state index contributed by atoms with van der Waals surface area (Å²) < 4.78 is 24.5. The number of hydrogen-bond acceptors (Lipinski definition) is 4. The van der Waals surface area contributed by atoms with Crippen LogP contribution in [0, 0.1) is 15.9 Å². The van der Waals surface area contributed by atoms with Gasteiger partial charge in [-0.05, 0) is 19.4 Å². The van der Waals surface area contributed by atoms with Gasteiger partial charge in [0.15, 0.2) is 0 Å². The van der Waals surface area contributed by atoms with E-state index in [1.165, 1.54) is 0 Å². The Balaban J connectivity index is 2.79. The van der Waals surface area contributed by atoms with Crippen LogP contribution < -0.4 is 5.32 Å². The molecule has 1 N–H and O–H groups in total. The topological polar surface area (TPSA) is 89.3 Å². The highest BCUT2D eigenvalue weighted by atomic mass is 32.2. The van der Waals surface area contributed by atoms with Gasteiger partial charge in [0.05, 0.1) is 10.5 Å². The van der Waals surface area contributed by atoms with Gasteiger partial charge < -0.3 is 5.32 Å². The molecule has 1 rings (SSSR count). The summed E-state index contributed by atoms with van der Waals surface area (Å²) in [5, 5.41) is 13.1. The van der Waals surface area contributed by atoms with Crippen LogP contribution in [0.3, 0.4) is 0 Å². The fraction of sp³-hybridized carbons (Fsp3) is 0.417. The molecule has 0 aliphatic heterocycles. The second-order valence-electron chi connectivity index (χ2n) is 4.36. The molecule has 0 aromatic heterocycles. The van der Waals surface area contributed by atoms with Gasteiger partial charge in [0.1, 0.15) is 5.82 Å².